The van der Waals surface area contributed by atoms with Crippen molar-refractivity contribution in [2.75, 3.05) is 12.3 Å². The van der Waals surface area contributed by atoms with Crippen molar-refractivity contribution in [3.63, 3.8) is 0 Å². The zero-order valence-corrected chi connectivity index (χ0v) is 14.4. The van der Waals surface area contributed by atoms with Crippen LogP contribution in [0.25, 0.3) is 10.9 Å². The number of amides is 1. The molecule has 0 unspecified atom stereocenters. The Bertz CT molecular complexity index is 851. The number of thioether (sulfide) groups is 1. The van der Waals surface area contributed by atoms with Crippen LogP contribution in [0, 0.1) is 0 Å². The number of fused-ring (bicyclic) bond motifs is 1. The van der Waals surface area contributed by atoms with E-state index in [2.05, 4.69) is 9.97 Å². The number of rotatable bonds is 6. The molecule has 2 N–H and O–H groups in total. The number of carbonyl (C=O) groups is 2. The van der Waals surface area contributed by atoms with Crippen molar-refractivity contribution in [1.82, 2.24) is 14.9 Å². The number of aliphatic carboxylic acids is 1. The second kappa shape index (κ2) is 7.69. The molecule has 1 aromatic heterocycles. The highest BCUT2D eigenvalue weighted by Crippen LogP contribution is 2.20. The van der Waals surface area contributed by atoms with Gasteiger partial charge in [-0.05, 0) is 25.0 Å². The largest absolute Gasteiger partial charge is 0.480 e. The molecule has 8 heteroatoms. The van der Waals surface area contributed by atoms with Crippen molar-refractivity contribution in [3.05, 3.63) is 40.4 Å². The van der Waals surface area contributed by atoms with Gasteiger partial charge in [-0.25, -0.2) is 9.78 Å². The highest BCUT2D eigenvalue weighted by Gasteiger charge is 2.33. The molecule has 1 fully saturated rings. The maximum Gasteiger partial charge on any atom is 0.326 e. The third-order valence-electron chi connectivity index (χ3n) is 4.22. The van der Waals surface area contributed by atoms with Crippen LogP contribution in [-0.4, -0.2) is 50.2 Å². The van der Waals surface area contributed by atoms with Gasteiger partial charge in [-0.3, -0.25) is 9.59 Å². The number of benzene rings is 1. The van der Waals surface area contributed by atoms with Crippen molar-refractivity contribution in [3.8, 4) is 0 Å². The lowest BCUT2D eigenvalue weighted by molar-refractivity contribution is -0.148. The summed E-state index contributed by atoms with van der Waals surface area (Å²) < 4.78 is 0. The van der Waals surface area contributed by atoms with Crippen molar-refractivity contribution in [2.24, 2.45) is 0 Å². The van der Waals surface area contributed by atoms with Crippen LogP contribution < -0.4 is 5.56 Å². The van der Waals surface area contributed by atoms with Gasteiger partial charge in [0.1, 0.15) is 11.9 Å². The van der Waals surface area contributed by atoms with Gasteiger partial charge in [0.25, 0.3) is 5.56 Å². The summed E-state index contributed by atoms with van der Waals surface area (Å²) in [5.41, 5.74) is 0.484. The van der Waals surface area contributed by atoms with Gasteiger partial charge in [0.05, 0.1) is 16.7 Å². The van der Waals surface area contributed by atoms with Crippen molar-refractivity contribution < 1.29 is 14.7 Å². The van der Waals surface area contributed by atoms with Crippen LogP contribution in [0.4, 0.5) is 0 Å². The number of H-pyrrole nitrogens is 1. The number of nitrogens with one attached hydrogen (secondary N) is 1. The zero-order valence-electron chi connectivity index (χ0n) is 13.6. The number of carboxylic acid groups (broad SMARTS) is 1. The van der Waals surface area contributed by atoms with Gasteiger partial charge >= 0.3 is 5.97 Å². The number of likely N-dealkylation sites (tertiary alicyclic amines) is 1. The summed E-state index contributed by atoms with van der Waals surface area (Å²) in [6, 6.07) is 6.46. The monoisotopic (exact) mass is 361 g/mol. The molecule has 2 heterocycles. The molecule has 3 rings (SSSR count). The molecule has 1 aliphatic rings. The number of aromatic amines is 1. The Kier molecular flexibility index (Phi) is 5.37. The highest BCUT2D eigenvalue weighted by molar-refractivity contribution is 7.98. The van der Waals surface area contributed by atoms with Gasteiger partial charge in [-0.1, -0.05) is 12.1 Å². The zero-order chi connectivity index (χ0) is 17.8. The third kappa shape index (κ3) is 4.01. The van der Waals surface area contributed by atoms with E-state index in [0.717, 1.165) is 6.42 Å². The Hall–Kier alpha value is -2.35. The van der Waals surface area contributed by atoms with E-state index in [1.165, 1.54) is 16.7 Å². The Labute approximate surface area is 148 Å². The summed E-state index contributed by atoms with van der Waals surface area (Å²) in [6.07, 6.45) is 1.54. The van der Waals surface area contributed by atoms with Gasteiger partial charge in [0.2, 0.25) is 5.91 Å². The Morgan fingerprint density at radius 2 is 2.16 bits per heavy atom. The quantitative estimate of drug-likeness (QED) is 0.758. The fourth-order valence-corrected chi connectivity index (χ4v) is 3.79. The van der Waals surface area contributed by atoms with Gasteiger partial charge in [0.15, 0.2) is 0 Å². The Morgan fingerprint density at radius 3 is 2.96 bits per heavy atom. The lowest BCUT2D eigenvalue weighted by atomic mass is 10.2. The summed E-state index contributed by atoms with van der Waals surface area (Å²) in [5, 5.41) is 9.68. The molecule has 0 saturated carbocycles. The number of aromatic nitrogens is 2. The number of carboxylic acids is 1. The van der Waals surface area contributed by atoms with Crippen LogP contribution in [0.3, 0.4) is 0 Å². The average Bonchev–Trinajstić information content (AvgIpc) is 3.09. The molecule has 0 spiro atoms. The second-order valence-corrected chi connectivity index (χ2v) is 7.02. The highest BCUT2D eigenvalue weighted by atomic mass is 32.2. The lowest BCUT2D eigenvalue weighted by Gasteiger charge is -2.21. The number of hydrogen-bond donors (Lipinski definition) is 2. The first kappa shape index (κ1) is 17.5. The average molecular weight is 361 g/mol. The minimum Gasteiger partial charge on any atom is -0.480 e. The number of para-hydroxylation sites is 1. The van der Waals surface area contributed by atoms with E-state index in [1.54, 1.807) is 18.2 Å². The second-order valence-electron chi connectivity index (χ2n) is 5.92. The summed E-state index contributed by atoms with van der Waals surface area (Å²) in [5.74, 6) is 0.563. The fraction of sp³-hybridized carbons (Fsp3) is 0.412. The molecule has 1 aromatic carbocycles. The van der Waals surface area contributed by atoms with Crippen LogP contribution >= 0.6 is 11.8 Å². The minimum atomic E-state index is -0.934. The van der Waals surface area contributed by atoms with E-state index >= 15 is 0 Å². The predicted molar refractivity (Wildman–Crippen MR) is 95.5 cm³/mol. The summed E-state index contributed by atoms with van der Waals surface area (Å²) in [7, 11) is 0. The van der Waals surface area contributed by atoms with Crippen molar-refractivity contribution in [1.29, 1.82) is 0 Å². The van der Waals surface area contributed by atoms with E-state index in [9.17, 15) is 14.4 Å². The third-order valence-corrected chi connectivity index (χ3v) is 5.19. The topological polar surface area (TPSA) is 103 Å². The first-order valence-electron chi connectivity index (χ1n) is 8.14. The van der Waals surface area contributed by atoms with Crippen LogP contribution in [0.2, 0.25) is 0 Å². The molecular formula is C17H19N3O4S. The van der Waals surface area contributed by atoms with E-state index in [1.807, 2.05) is 6.07 Å². The fourth-order valence-electron chi connectivity index (χ4n) is 3.00. The maximum absolute atomic E-state index is 12.2. The molecule has 7 nitrogen and oxygen atoms in total. The van der Waals surface area contributed by atoms with Crippen molar-refractivity contribution in [2.45, 2.75) is 31.1 Å². The standard InChI is InChI=1S/C17H19N3O4S/c21-15(20-8-3-6-13(20)17(23)24)7-9-25-10-14-18-12-5-2-1-4-11(12)16(22)19-14/h1-2,4-5,13H,3,6-10H2,(H,23,24)(H,18,19,22)/t13-/m1/s1. The van der Waals surface area contributed by atoms with Crippen LogP contribution in [0.1, 0.15) is 25.1 Å². The molecule has 1 aliphatic heterocycles. The molecule has 25 heavy (non-hydrogen) atoms. The molecule has 1 amide bonds. The molecule has 0 radical (unpaired) electrons. The first-order valence-corrected chi connectivity index (χ1v) is 9.29. The minimum absolute atomic E-state index is 0.127. The van der Waals surface area contributed by atoms with E-state index in [-0.39, 0.29) is 17.9 Å². The summed E-state index contributed by atoms with van der Waals surface area (Å²) in [6.45, 7) is 0.514. The van der Waals surface area contributed by atoms with Gasteiger partial charge < -0.3 is 15.0 Å². The summed E-state index contributed by atoms with van der Waals surface area (Å²) in [4.78, 5) is 43.9. The van der Waals surface area contributed by atoms with E-state index in [4.69, 9.17) is 5.11 Å². The Morgan fingerprint density at radius 1 is 1.36 bits per heavy atom. The normalized spacial score (nSPS) is 17.1. The smallest absolute Gasteiger partial charge is 0.326 e. The van der Waals surface area contributed by atoms with Crippen LogP contribution in [-0.2, 0) is 15.3 Å². The van der Waals surface area contributed by atoms with Gasteiger partial charge in [-0.15, -0.1) is 0 Å². The lowest BCUT2D eigenvalue weighted by Crippen LogP contribution is -2.40. The predicted octanol–water partition coefficient (Wildman–Crippen LogP) is 1.62. The van der Waals surface area contributed by atoms with E-state index in [0.29, 0.717) is 41.2 Å². The van der Waals surface area contributed by atoms with Crippen molar-refractivity contribution >= 4 is 34.5 Å². The SMILES string of the molecule is O=C(O)[C@H]1CCCN1C(=O)CCSCc1nc2ccccc2c(=O)[nH]1. The molecule has 0 aliphatic carbocycles. The molecule has 1 saturated heterocycles. The number of nitrogens with zero attached hydrogens (tertiary/aromatic N) is 2. The van der Waals surface area contributed by atoms with Crippen LogP contribution in [0.15, 0.2) is 29.1 Å². The molecule has 0 bridgehead atoms. The number of hydrogen-bond acceptors (Lipinski definition) is 5. The van der Waals surface area contributed by atoms with Gasteiger partial charge in [-0.2, -0.15) is 11.8 Å². The first-order chi connectivity index (χ1) is 12.1. The molecule has 2 aromatic rings. The number of carbonyl (C=O) groups excluding carboxylic acids is 1. The van der Waals surface area contributed by atoms with Crippen LogP contribution in [0.5, 0.6) is 0 Å². The summed E-state index contributed by atoms with van der Waals surface area (Å²) >= 11 is 1.49. The maximum atomic E-state index is 12.2. The molecule has 1 atom stereocenters. The van der Waals surface area contributed by atoms with Gasteiger partial charge in [0, 0.05) is 18.7 Å². The Balaban J connectivity index is 1.52. The molecular weight excluding hydrogens is 342 g/mol. The molecule has 132 valence electrons. The van der Waals surface area contributed by atoms with E-state index < -0.39 is 12.0 Å².